The zero-order valence-corrected chi connectivity index (χ0v) is 18.9. The normalized spacial score (nSPS) is 14.5. The molecule has 3 aromatic carbocycles. The van der Waals surface area contributed by atoms with Gasteiger partial charge in [0.25, 0.3) is 16.8 Å². The van der Waals surface area contributed by atoms with E-state index in [1.54, 1.807) is 54.6 Å². The summed E-state index contributed by atoms with van der Waals surface area (Å²) in [7, 11) is 0. The Morgan fingerprint density at radius 1 is 1.03 bits per heavy atom. The maximum absolute atomic E-state index is 12.7. The number of hydrogen-bond acceptors (Lipinski definition) is 7. The number of imide groups is 1. The number of carbonyl (C=O) groups excluding carboxylic acids is 3. The summed E-state index contributed by atoms with van der Waals surface area (Å²) in [5.41, 5.74) is 1.41. The van der Waals surface area contributed by atoms with Crippen LogP contribution in [0.15, 0.2) is 77.7 Å². The zero-order valence-electron chi connectivity index (χ0n) is 17.3. The number of nitro benzene ring substituents is 1. The Balaban J connectivity index is 1.43. The minimum absolute atomic E-state index is 0.0108. The molecule has 0 spiro atoms. The number of ether oxygens (including phenoxy) is 1. The number of benzene rings is 3. The van der Waals surface area contributed by atoms with E-state index < -0.39 is 22.0 Å². The fraction of sp³-hybridized carbons (Fsp3) is 0.0417. The van der Waals surface area contributed by atoms with Crippen molar-refractivity contribution in [3.63, 3.8) is 0 Å². The van der Waals surface area contributed by atoms with Crippen LogP contribution in [-0.2, 0) is 11.3 Å². The fourth-order valence-electron chi connectivity index (χ4n) is 3.11. The summed E-state index contributed by atoms with van der Waals surface area (Å²) in [5.74, 6) is -0.748. The minimum atomic E-state index is -0.592. The Morgan fingerprint density at radius 2 is 1.71 bits per heavy atom. The molecule has 3 aromatic rings. The molecule has 34 heavy (non-hydrogen) atoms. The fourth-order valence-corrected chi connectivity index (χ4v) is 4.17. The standard InChI is InChI=1S/C24H15ClN2O6S/c25-20-4-2-1-3-19(20)23(29)33-18-11-7-15(8-12-18)13-21-22(28)26(24(30)34-21)14-16-5-9-17(10-6-16)27(31)32/h1-13H,14H2/b21-13-. The quantitative estimate of drug-likeness (QED) is 0.142. The van der Waals surface area contributed by atoms with E-state index in [1.807, 2.05) is 0 Å². The number of nitrogens with zero attached hydrogens (tertiary/aromatic N) is 2. The van der Waals surface area contributed by atoms with Crippen molar-refractivity contribution in [2.45, 2.75) is 6.54 Å². The van der Waals surface area contributed by atoms with Crippen LogP contribution in [0.2, 0.25) is 5.02 Å². The highest BCUT2D eigenvalue weighted by atomic mass is 35.5. The van der Waals surface area contributed by atoms with E-state index in [4.69, 9.17) is 16.3 Å². The summed E-state index contributed by atoms with van der Waals surface area (Å²) >= 11 is 6.82. The number of esters is 1. The number of non-ortho nitro benzene ring substituents is 1. The van der Waals surface area contributed by atoms with E-state index >= 15 is 0 Å². The molecule has 0 saturated carbocycles. The number of carbonyl (C=O) groups is 3. The first-order valence-corrected chi connectivity index (χ1v) is 11.1. The van der Waals surface area contributed by atoms with E-state index in [0.29, 0.717) is 16.9 Å². The van der Waals surface area contributed by atoms with Crippen molar-refractivity contribution < 1.29 is 24.0 Å². The van der Waals surface area contributed by atoms with Crippen LogP contribution in [0.3, 0.4) is 0 Å². The average molecular weight is 495 g/mol. The summed E-state index contributed by atoms with van der Waals surface area (Å²) < 4.78 is 5.33. The van der Waals surface area contributed by atoms with Gasteiger partial charge < -0.3 is 4.74 Å². The van der Waals surface area contributed by atoms with Gasteiger partial charge in [-0.15, -0.1) is 0 Å². The third-order valence-corrected chi connectivity index (χ3v) is 6.08. The van der Waals surface area contributed by atoms with Crippen LogP contribution in [0, 0.1) is 10.1 Å². The van der Waals surface area contributed by atoms with Crippen molar-refractivity contribution in [2.24, 2.45) is 0 Å². The maximum Gasteiger partial charge on any atom is 0.345 e. The number of hydrogen-bond donors (Lipinski definition) is 0. The first kappa shape index (κ1) is 23.2. The summed E-state index contributed by atoms with van der Waals surface area (Å²) in [4.78, 5) is 48.9. The van der Waals surface area contributed by atoms with Gasteiger partial charge in [0.05, 0.1) is 27.0 Å². The second kappa shape index (κ2) is 9.90. The van der Waals surface area contributed by atoms with Gasteiger partial charge in [0, 0.05) is 12.1 Å². The number of amides is 2. The van der Waals surface area contributed by atoms with Crippen LogP contribution in [0.4, 0.5) is 10.5 Å². The number of halogens is 1. The molecule has 10 heteroatoms. The molecule has 1 fully saturated rings. The van der Waals surface area contributed by atoms with Gasteiger partial charge in [-0.3, -0.25) is 24.6 Å². The highest BCUT2D eigenvalue weighted by Gasteiger charge is 2.35. The lowest BCUT2D eigenvalue weighted by atomic mass is 10.2. The van der Waals surface area contributed by atoms with Gasteiger partial charge in [0.15, 0.2) is 0 Å². The lowest BCUT2D eigenvalue weighted by molar-refractivity contribution is -0.384. The number of nitro groups is 1. The molecule has 170 valence electrons. The predicted octanol–water partition coefficient (Wildman–Crippen LogP) is 5.70. The lowest BCUT2D eigenvalue weighted by Gasteiger charge is -2.12. The first-order chi connectivity index (χ1) is 16.3. The van der Waals surface area contributed by atoms with Gasteiger partial charge >= 0.3 is 5.97 Å². The smallest absolute Gasteiger partial charge is 0.345 e. The molecule has 8 nitrogen and oxygen atoms in total. The molecule has 2 amide bonds. The largest absolute Gasteiger partial charge is 0.423 e. The average Bonchev–Trinajstić information content (AvgIpc) is 3.08. The molecule has 1 heterocycles. The van der Waals surface area contributed by atoms with Gasteiger partial charge in [-0.1, -0.05) is 48.0 Å². The summed E-state index contributed by atoms with van der Waals surface area (Å²) in [5, 5.41) is 10.6. The van der Waals surface area contributed by atoms with E-state index in [9.17, 15) is 24.5 Å². The van der Waals surface area contributed by atoms with Crippen molar-refractivity contribution in [1.29, 1.82) is 0 Å². The van der Waals surface area contributed by atoms with Crippen LogP contribution in [-0.4, -0.2) is 26.9 Å². The van der Waals surface area contributed by atoms with Gasteiger partial charge in [-0.05, 0) is 53.2 Å². The molecule has 0 atom stereocenters. The van der Waals surface area contributed by atoms with Crippen molar-refractivity contribution >= 4 is 52.2 Å². The predicted molar refractivity (Wildman–Crippen MR) is 127 cm³/mol. The molecule has 0 bridgehead atoms. The van der Waals surface area contributed by atoms with E-state index in [2.05, 4.69) is 0 Å². The van der Waals surface area contributed by atoms with Crippen molar-refractivity contribution in [3.05, 3.63) is 110 Å². The van der Waals surface area contributed by atoms with Gasteiger partial charge in [0.2, 0.25) is 0 Å². The number of rotatable bonds is 6. The Morgan fingerprint density at radius 3 is 2.35 bits per heavy atom. The van der Waals surface area contributed by atoms with E-state index in [0.717, 1.165) is 16.7 Å². The van der Waals surface area contributed by atoms with Crippen molar-refractivity contribution in [3.8, 4) is 5.75 Å². The van der Waals surface area contributed by atoms with Crippen LogP contribution in [0.5, 0.6) is 5.75 Å². The minimum Gasteiger partial charge on any atom is -0.423 e. The zero-order chi connectivity index (χ0) is 24.2. The van der Waals surface area contributed by atoms with Crippen molar-refractivity contribution in [1.82, 2.24) is 4.90 Å². The molecular weight excluding hydrogens is 480 g/mol. The van der Waals surface area contributed by atoms with E-state index in [-0.39, 0.29) is 27.7 Å². The van der Waals surface area contributed by atoms with Crippen molar-refractivity contribution in [2.75, 3.05) is 0 Å². The van der Waals surface area contributed by atoms with Crippen LogP contribution < -0.4 is 4.74 Å². The monoisotopic (exact) mass is 494 g/mol. The second-order valence-electron chi connectivity index (χ2n) is 7.13. The molecule has 0 radical (unpaired) electrons. The van der Waals surface area contributed by atoms with Crippen LogP contribution >= 0.6 is 23.4 Å². The highest BCUT2D eigenvalue weighted by Crippen LogP contribution is 2.33. The molecule has 0 N–H and O–H groups in total. The number of thioether (sulfide) groups is 1. The molecule has 4 rings (SSSR count). The Bertz CT molecular complexity index is 1320. The van der Waals surface area contributed by atoms with Gasteiger partial charge in [-0.25, -0.2) is 4.79 Å². The Hall–Kier alpha value is -3.95. The molecular formula is C24H15ClN2O6S. The summed E-state index contributed by atoms with van der Waals surface area (Å²) in [6.07, 6.45) is 1.57. The summed E-state index contributed by atoms with van der Waals surface area (Å²) in [6.45, 7) is 0.0108. The van der Waals surface area contributed by atoms with Gasteiger partial charge in [-0.2, -0.15) is 0 Å². The third kappa shape index (κ3) is 5.16. The molecule has 0 unspecified atom stereocenters. The van der Waals surface area contributed by atoms with Crippen LogP contribution in [0.25, 0.3) is 6.08 Å². The topological polar surface area (TPSA) is 107 Å². The lowest BCUT2D eigenvalue weighted by Crippen LogP contribution is -2.27. The summed E-state index contributed by atoms with van der Waals surface area (Å²) in [6, 6.07) is 18.7. The van der Waals surface area contributed by atoms with Gasteiger partial charge in [0.1, 0.15) is 5.75 Å². The Labute approximate surface area is 202 Å². The molecule has 0 aromatic heterocycles. The highest BCUT2D eigenvalue weighted by molar-refractivity contribution is 8.18. The van der Waals surface area contributed by atoms with Crippen LogP contribution in [0.1, 0.15) is 21.5 Å². The Kier molecular flexibility index (Phi) is 6.76. The molecule has 1 aliphatic rings. The molecule has 1 saturated heterocycles. The third-order valence-electron chi connectivity index (χ3n) is 4.84. The SMILES string of the molecule is O=C(Oc1ccc(/C=C2\SC(=O)N(Cc3ccc([N+](=O)[O-])cc3)C2=O)cc1)c1ccccc1Cl. The van der Waals surface area contributed by atoms with E-state index in [1.165, 1.54) is 24.3 Å². The first-order valence-electron chi connectivity index (χ1n) is 9.87. The maximum atomic E-state index is 12.7. The second-order valence-corrected chi connectivity index (χ2v) is 8.53. The molecule has 0 aliphatic carbocycles. The molecule has 1 aliphatic heterocycles.